The fraction of sp³-hybridized carbons (Fsp3) is 0.875. The van der Waals surface area contributed by atoms with Gasteiger partial charge in [-0.3, -0.25) is 9.59 Å². The van der Waals surface area contributed by atoms with E-state index in [1.165, 1.54) is 11.8 Å². The molecule has 1 rings (SSSR count). The number of ketones is 1. The van der Waals surface area contributed by atoms with Crippen molar-refractivity contribution in [2.45, 2.75) is 65.1 Å². The number of amides is 1. The van der Waals surface area contributed by atoms with Crippen LogP contribution in [0.5, 0.6) is 0 Å². The number of Topliss-reactive ketones (excluding diaryl/α,β-unsaturated/α-hetero) is 1. The van der Waals surface area contributed by atoms with Crippen molar-refractivity contribution in [3.63, 3.8) is 0 Å². The van der Waals surface area contributed by atoms with Gasteiger partial charge in [-0.2, -0.15) is 0 Å². The lowest BCUT2D eigenvalue weighted by molar-refractivity contribution is -0.136. The third-order valence-corrected chi connectivity index (χ3v) is 7.21. The minimum atomic E-state index is -2.74. The molecule has 1 saturated heterocycles. The average Bonchev–Trinajstić information content (AvgIpc) is 2.90. The topological polar surface area (TPSA) is 85.3 Å². The maximum Gasteiger partial charge on any atom is 0.500 e. The van der Waals surface area contributed by atoms with Gasteiger partial charge in [0.05, 0.1) is 12.1 Å². The fourth-order valence-corrected chi connectivity index (χ4v) is 5.73. The number of aliphatic hydroxyl groups is 1. The highest BCUT2D eigenvalue weighted by molar-refractivity contribution is 6.60. The lowest BCUT2D eigenvalue weighted by Gasteiger charge is -2.28. The number of carbonyl (C=O) groups excluding carboxylic acids is 2. The Morgan fingerprint density at radius 1 is 1.12 bits per heavy atom. The molecule has 1 N–H and O–H groups in total. The Morgan fingerprint density at radius 3 is 2.12 bits per heavy atom. The molecule has 8 heteroatoms. The summed E-state index contributed by atoms with van der Waals surface area (Å²) in [7, 11) is -2.74. The van der Waals surface area contributed by atoms with Crippen molar-refractivity contribution >= 4 is 20.5 Å². The van der Waals surface area contributed by atoms with Crippen molar-refractivity contribution < 1.29 is 28.0 Å². The molecule has 0 aromatic heterocycles. The first-order chi connectivity index (χ1) is 11.4. The van der Waals surface area contributed by atoms with Gasteiger partial charge in [-0.15, -0.1) is 0 Å². The second kappa shape index (κ2) is 10.2. The minimum Gasteiger partial charge on any atom is -0.391 e. The van der Waals surface area contributed by atoms with Crippen LogP contribution in [0, 0.1) is 0 Å². The van der Waals surface area contributed by atoms with Gasteiger partial charge in [0.1, 0.15) is 0 Å². The van der Waals surface area contributed by atoms with Gasteiger partial charge in [0.15, 0.2) is 5.78 Å². The standard InChI is InChI=1S/C16H31NO6Si/c1-5-21-24(22-6-2,23-7-3)10-8-9-16(20)15-11-14(19)12-17(15)13(4)18/h14-15,19H,5-12H2,1-4H3/t14-,15+/m1/s1. The zero-order chi connectivity index (χ0) is 18.2. The molecular weight excluding hydrogens is 330 g/mol. The van der Waals surface area contributed by atoms with Gasteiger partial charge in [-0.1, -0.05) is 0 Å². The maximum absolute atomic E-state index is 12.5. The quantitative estimate of drug-likeness (QED) is 0.560. The van der Waals surface area contributed by atoms with Crippen LogP contribution in [-0.4, -0.2) is 69.0 Å². The highest BCUT2D eigenvalue weighted by Crippen LogP contribution is 2.23. The van der Waals surface area contributed by atoms with E-state index in [4.69, 9.17) is 13.3 Å². The third kappa shape index (κ3) is 5.93. The van der Waals surface area contributed by atoms with E-state index < -0.39 is 21.0 Å². The van der Waals surface area contributed by atoms with E-state index in [-0.39, 0.29) is 18.2 Å². The normalized spacial score (nSPS) is 21.3. The highest BCUT2D eigenvalue weighted by Gasteiger charge is 2.41. The number of aliphatic hydroxyl groups excluding tert-OH is 1. The van der Waals surface area contributed by atoms with Crippen molar-refractivity contribution in [1.82, 2.24) is 4.90 Å². The zero-order valence-corrected chi connectivity index (χ0v) is 16.2. The van der Waals surface area contributed by atoms with Crippen LogP contribution >= 0.6 is 0 Å². The van der Waals surface area contributed by atoms with Gasteiger partial charge >= 0.3 is 8.80 Å². The highest BCUT2D eigenvalue weighted by atomic mass is 28.4. The van der Waals surface area contributed by atoms with Crippen molar-refractivity contribution in [3.05, 3.63) is 0 Å². The first kappa shape index (κ1) is 21.2. The Bertz CT molecular complexity index is 402. The molecule has 0 saturated carbocycles. The molecule has 0 spiro atoms. The predicted molar refractivity (Wildman–Crippen MR) is 91.5 cm³/mol. The van der Waals surface area contributed by atoms with E-state index in [1.807, 2.05) is 20.8 Å². The van der Waals surface area contributed by atoms with E-state index >= 15 is 0 Å². The Morgan fingerprint density at radius 2 is 1.67 bits per heavy atom. The van der Waals surface area contributed by atoms with Gasteiger partial charge in [0, 0.05) is 52.2 Å². The summed E-state index contributed by atoms with van der Waals surface area (Å²) in [6, 6.07) is 0.0590. The predicted octanol–water partition coefficient (Wildman–Crippen LogP) is 1.37. The van der Waals surface area contributed by atoms with Crippen LogP contribution in [-0.2, 0) is 22.9 Å². The number of β-amino-alcohol motifs (C(OH)–C–C–N with tert-alkyl or cyclic N) is 1. The summed E-state index contributed by atoms with van der Waals surface area (Å²) in [5.41, 5.74) is 0. The van der Waals surface area contributed by atoms with Crippen LogP contribution in [0.1, 0.15) is 47.0 Å². The SMILES string of the molecule is CCO[Si](CCCC(=O)[C@@H]1C[C@@H](O)CN1C(C)=O)(OCC)OCC. The molecule has 0 radical (unpaired) electrons. The third-order valence-electron chi connectivity index (χ3n) is 4.05. The monoisotopic (exact) mass is 361 g/mol. The van der Waals surface area contributed by atoms with Crippen LogP contribution in [0.4, 0.5) is 0 Å². The molecular formula is C16H31NO6Si. The first-order valence-electron chi connectivity index (χ1n) is 8.78. The fourth-order valence-electron chi connectivity index (χ4n) is 3.11. The smallest absolute Gasteiger partial charge is 0.391 e. The van der Waals surface area contributed by atoms with Gasteiger partial charge in [0.2, 0.25) is 5.91 Å². The molecule has 1 aliphatic rings. The van der Waals surface area contributed by atoms with E-state index in [9.17, 15) is 14.7 Å². The molecule has 1 amide bonds. The second-order valence-electron chi connectivity index (χ2n) is 5.88. The first-order valence-corrected chi connectivity index (χ1v) is 10.7. The number of nitrogens with zero attached hydrogens (tertiary/aromatic N) is 1. The van der Waals surface area contributed by atoms with Gasteiger partial charge < -0.3 is 23.3 Å². The molecule has 140 valence electrons. The maximum atomic E-state index is 12.5. The minimum absolute atomic E-state index is 0.0193. The molecule has 0 aliphatic carbocycles. The lowest BCUT2D eigenvalue weighted by atomic mass is 10.1. The van der Waals surface area contributed by atoms with Crippen LogP contribution in [0.3, 0.4) is 0 Å². The Hall–Kier alpha value is -0.803. The van der Waals surface area contributed by atoms with E-state index in [2.05, 4.69) is 0 Å². The van der Waals surface area contributed by atoms with Crippen LogP contribution < -0.4 is 0 Å². The lowest BCUT2D eigenvalue weighted by Crippen LogP contribution is -2.46. The molecule has 24 heavy (non-hydrogen) atoms. The summed E-state index contributed by atoms with van der Waals surface area (Å²) in [4.78, 5) is 25.5. The number of hydrogen-bond acceptors (Lipinski definition) is 6. The van der Waals surface area contributed by atoms with Gasteiger partial charge in [-0.25, -0.2) is 0 Å². The van der Waals surface area contributed by atoms with Crippen LogP contribution in [0.25, 0.3) is 0 Å². The second-order valence-corrected chi connectivity index (χ2v) is 8.61. The van der Waals surface area contributed by atoms with E-state index in [0.717, 1.165) is 0 Å². The van der Waals surface area contributed by atoms with Crippen molar-refractivity contribution in [1.29, 1.82) is 0 Å². The molecule has 0 bridgehead atoms. The zero-order valence-electron chi connectivity index (χ0n) is 15.2. The van der Waals surface area contributed by atoms with E-state index in [1.54, 1.807) is 0 Å². The molecule has 2 atom stereocenters. The average molecular weight is 362 g/mol. The Kier molecular flexibility index (Phi) is 9.07. The summed E-state index contributed by atoms with van der Waals surface area (Å²) < 4.78 is 17.3. The molecule has 7 nitrogen and oxygen atoms in total. The molecule has 1 aliphatic heterocycles. The van der Waals surface area contributed by atoms with Crippen molar-refractivity contribution in [3.8, 4) is 0 Å². The molecule has 0 aromatic rings. The summed E-state index contributed by atoms with van der Waals surface area (Å²) in [6.07, 6.45) is 0.613. The number of likely N-dealkylation sites (tertiary alicyclic amines) is 1. The molecule has 1 heterocycles. The van der Waals surface area contributed by atoms with Crippen molar-refractivity contribution in [2.75, 3.05) is 26.4 Å². The summed E-state index contributed by atoms with van der Waals surface area (Å²) >= 11 is 0. The number of hydrogen-bond donors (Lipinski definition) is 1. The van der Waals surface area contributed by atoms with Crippen LogP contribution in [0.2, 0.25) is 6.04 Å². The molecule has 0 unspecified atom stereocenters. The summed E-state index contributed by atoms with van der Waals surface area (Å²) in [5.74, 6) is -0.194. The van der Waals surface area contributed by atoms with E-state index in [0.29, 0.717) is 45.1 Å². The number of carbonyl (C=O) groups is 2. The Labute approximate surface area is 145 Å². The van der Waals surface area contributed by atoms with Gasteiger partial charge in [0.25, 0.3) is 0 Å². The van der Waals surface area contributed by atoms with Crippen molar-refractivity contribution in [2.24, 2.45) is 0 Å². The van der Waals surface area contributed by atoms with Crippen LogP contribution in [0.15, 0.2) is 0 Å². The van der Waals surface area contributed by atoms with Gasteiger partial charge in [-0.05, 0) is 27.2 Å². The Balaban J connectivity index is 2.59. The summed E-state index contributed by atoms with van der Waals surface area (Å²) in [5, 5.41) is 9.73. The molecule has 1 fully saturated rings. The molecule has 0 aromatic carbocycles. The number of rotatable bonds is 11. The largest absolute Gasteiger partial charge is 0.500 e. The summed E-state index contributed by atoms with van der Waals surface area (Å²) in [6.45, 7) is 8.88.